The molecule has 37 heavy (non-hydrogen) atoms. The maximum atomic E-state index is 7.20. The topological polar surface area (TPSA) is 15.5 Å². The molecule has 0 spiro atoms. The molecule has 0 saturated heterocycles. The number of anilines is 1. The summed E-state index contributed by atoms with van der Waals surface area (Å²) < 4.78 is 9.85. The van der Waals surface area contributed by atoms with Gasteiger partial charge in [-0.3, -0.25) is 0 Å². The second kappa shape index (κ2) is 8.21. The lowest BCUT2D eigenvalue weighted by molar-refractivity contribution is 0.431. The maximum Gasteiger partial charge on any atom is 0.210 e. The largest absolute Gasteiger partial charge is 0.455 e. The molecular weight excluding hydrogens is 452 g/mol. The average molecular weight is 490 g/mol. The summed E-state index contributed by atoms with van der Waals surface area (Å²) in [5.41, 5.74) is 13.1. The van der Waals surface area contributed by atoms with E-state index in [1.54, 1.807) is 0 Å². The Labute approximate surface area is 220 Å². The van der Waals surface area contributed by atoms with Crippen molar-refractivity contribution in [3.8, 4) is 11.5 Å². The van der Waals surface area contributed by atoms with Crippen LogP contribution in [0.4, 0.5) is 5.69 Å². The van der Waals surface area contributed by atoms with Crippen molar-refractivity contribution in [2.24, 2.45) is 0 Å². The lowest BCUT2D eigenvalue weighted by Crippen LogP contribution is -2.45. The average Bonchev–Trinajstić information content (AvgIpc) is 2.93. The van der Waals surface area contributed by atoms with Crippen LogP contribution in [0.3, 0.4) is 0 Å². The Kier molecular flexibility index (Phi) is 4.88. The summed E-state index contributed by atoms with van der Waals surface area (Å²) >= 11 is 0. The molecule has 0 unspecified atom stereocenters. The highest BCUT2D eigenvalue weighted by Gasteiger charge is 2.36. The van der Waals surface area contributed by atoms with Gasteiger partial charge in [0.05, 0.1) is 5.56 Å². The summed E-state index contributed by atoms with van der Waals surface area (Å²) in [7, 11) is 0. The van der Waals surface area contributed by atoms with Gasteiger partial charge in [0.25, 0.3) is 0 Å². The van der Waals surface area contributed by atoms with Crippen LogP contribution < -0.4 is 24.8 Å². The molecule has 0 fully saturated rings. The first kappa shape index (κ1) is 22.0. The van der Waals surface area contributed by atoms with E-state index in [0.29, 0.717) is 5.92 Å². The van der Waals surface area contributed by atoms with Crippen molar-refractivity contribution in [2.45, 2.75) is 71.1 Å². The van der Waals surface area contributed by atoms with E-state index in [2.05, 4.69) is 59.7 Å². The van der Waals surface area contributed by atoms with Gasteiger partial charge in [0, 0.05) is 59.1 Å². The van der Waals surface area contributed by atoms with Gasteiger partial charge in [-0.2, -0.15) is 0 Å². The highest BCUT2D eigenvalue weighted by molar-refractivity contribution is 5.90. The molecule has 0 atom stereocenters. The van der Waals surface area contributed by atoms with Gasteiger partial charge < -0.3 is 9.64 Å². The van der Waals surface area contributed by atoms with Crippen LogP contribution in [-0.2, 0) is 25.7 Å². The van der Waals surface area contributed by atoms with Crippen LogP contribution >= 0.6 is 0 Å². The van der Waals surface area contributed by atoms with Gasteiger partial charge in [-0.05, 0) is 73.3 Å². The van der Waals surface area contributed by atoms with E-state index >= 15 is 0 Å². The molecular formula is C34H37N2O+. The van der Waals surface area contributed by atoms with Crippen LogP contribution in [0.15, 0.2) is 36.4 Å². The van der Waals surface area contributed by atoms with Gasteiger partial charge in [-0.15, -0.1) is 0 Å². The van der Waals surface area contributed by atoms with Crippen LogP contribution in [-0.4, -0.2) is 26.2 Å². The number of ether oxygens (including phenoxy) is 1. The number of hydrogen-bond acceptors (Lipinski definition) is 2. The highest BCUT2D eigenvalue weighted by atomic mass is 16.5. The minimum absolute atomic E-state index is 0.469. The van der Waals surface area contributed by atoms with E-state index in [-0.39, 0.29) is 0 Å². The van der Waals surface area contributed by atoms with Gasteiger partial charge in [0.15, 0.2) is 0 Å². The number of aryl methyl sites for hydroxylation is 2. The van der Waals surface area contributed by atoms with Gasteiger partial charge >= 0.3 is 0 Å². The maximum absolute atomic E-state index is 7.20. The molecule has 3 nitrogen and oxygen atoms in total. The molecule has 8 rings (SSSR count). The van der Waals surface area contributed by atoms with Crippen molar-refractivity contribution in [1.82, 2.24) is 4.58 Å². The minimum Gasteiger partial charge on any atom is -0.455 e. The highest BCUT2D eigenvalue weighted by Crippen LogP contribution is 2.49. The van der Waals surface area contributed by atoms with Crippen molar-refractivity contribution in [2.75, 3.05) is 31.1 Å². The van der Waals surface area contributed by atoms with Crippen molar-refractivity contribution in [3.63, 3.8) is 0 Å². The number of hydrogen-bond donors (Lipinski definition) is 0. The lowest BCUT2D eigenvalue weighted by Gasteiger charge is -2.39. The second-order valence-electron chi connectivity index (χ2n) is 12.1. The molecule has 0 radical (unpaired) electrons. The normalized spacial score (nSPS) is 19.2. The Bertz CT molecular complexity index is 1590. The fourth-order valence-electron chi connectivity index (χ4n) is 8.03. The summed E-state index contributed by atoms with van der Waals surface area (Å²) in [6.07, 6.45) is 9.59. The third-order valence-electron chi connectivity index (χ3n) is 9.54. The first-order valence-electron chi connectivity index (χ1n) is 14.7. The molecule has 3 heteroatoms. The smallest absolute Gasteiger partial charge is 0.210 e. The van der Waals surface area contributed by atoms with Crippen molar-refractivity contribution in [3.05, 3.63) is 85.9 Å². The Morgan fingerprint density at radius 2 is 1.54 bits per heavy atom. The van der Waals surface area contributed by atoms with Crippen LogP contribution in [0.2, 0.25) is 0 Å². The summed E-state index contributed by atoms with van der Waals surface area (Å²) in [6, 6.07) is 14.2. The van der Waals surface area contributed by atoms with Crippen molar-refractivity contribution < 1.29 is 4.74 Å². The predicted octanol–water partition coefficient (Wildman–Crippen LogP) is 5.25. The van der Waals surface area contributed by atoms with E-state index in [4.69, 9.17) is 4.74 Å². The van der Waals surface area contributed by atoms with Gasteiger partial charge in [0.2, 0.25) is 5.36 Å². The summed E-state index contributed by atoms with van der Waals surface area (Å²) in [6.45, 7) is 9.43. The van der Waals surface area contributed by atoms with Crippen LogP contribution in [0, 0.1) is 0 Å². The molecule has 5 heterocycles. The summed E-state index contributed by atoms with van der Waals surface area (Å²) in [5.74, 6) is 2.79. The van der Waals surface area contributed by atoms with Gasteiger partial charge in [0.1, 0.15) is 24.6 Å². The van der Waals surface area contributed by atoms with E-state index in [9.17, 15) is 0 Å². The molecule has 5 aliphatic heterocycles. The molecule has 0 aromatic heterocycles. The van der Waals surface area contributed by atoms with E-state index in [1.165, 1.54) is 125 Å². The first-order chi connectivity index (χ1) is 18.2. The standard InChI is InChI=1S/C34H37N2O/c1-21(2)24-11-3-4-12-25(24)30-28-19-22-9-5-15-35-17-7-13-26(31(22)35)33(28)37-34-27-14-8-18-36-16-6-10-23(32(27)36)20-29(30)34/h3-4,11-12,19-21H,5-10,13-18H2,1-2H3/q+1. The fourth-order valence-corrected chi connectivity index (χ4v) is 8.03. The molecule has 0 bridgehead atoms. The molecule has 0 N–H and O–H groups in total. The molecule has 0 amide bonds. The van der Waals surface area contributed by atoms with Crippen molar-refractivity contribution in [1.29, 1.82) is 0 Å². The van der Waals surface area contributed by atoms with Gasteiger partial charge in [-0.1, -0.05) is 38.1 Å². The first-order valence-corrected chi connectivity index (χ1v) is 14.7. The zero-order valence-electron chi connectivity index (χ0n) is 22.3. The second-order valence-corrected chi connectivity index (χ2v) is 12.1. The lowest BCUT2D eigenvalue weighted by atomic mass is 9.81. The molecule has 188 valence electrons. The fraction of sp³-hybridized carbons (Fsp3) is 0.441. The SMILES string of the molecule is CC(C)c1ccccc1C1=c2cc3c4c(c2Oc2c1cc1c5c2CCCN5CCC1)CCC[N+]=4CCC3. The molecule has 0 saturated carbocycles. The predicted molar refractivity (Wildman–Crippen MR) is 151 cm³/mol. The monoisotopic (exact) mass is 489 g/mol. The van der Waals surface area contributed by atoms with Gasteiger partial charge in [-0.25, -0.2) is 4.58 Å². The number of nitrogens with zero attached hydrogens (tertiary/aromatic N) is 2. The Hall–Kier alpha value is -3.07. The zero-order valence-corrected chi connectivity index (χ0v) is 22.3. The quantitative estimate of drug-likeness (QED) is 0.358. The molecule has 3 aromatic rings. The molecule has 3 aromatic carbocycles. The minimum atomic E-state index is 0.469. The van der Waals surface area contributed by atoms with Crippen molar-refractivity contribution >= 4 is 11.3 Å². The van der Waals surface area contributed by atoms with E-state index in [0.717, 1.165) is 24.3 Å². The third-order valence-corrected chi connectivity index (χ3v) is 9.54. The zero-order chi connectivity index (χ0) is 24.7. The molecule has 0 aliphatic carbocycles. The van der Waals surface area contributed by atoms with Crippen LogP contribution in [0.25, 0.3) is 5.57 Å². The molecule has 5 aliphatic rings. The Morgan fingerprint density at radius 3 is 2.41 bits per heavy atom. The number of rotatable bonds is 2. The Morgan fingerprint density at radius 1 is 0.784 bits per heavy atom. The van der Waals surface area contributed by atoms with Crippen LogP contribution in [0.1, 0.15) is 84.4 Å². The van der Waals surface area contributed by atoms with E-state index < -0.39 is 0 Å². The van der Waals surface area contributed by atoms with E-state index in [1.807, 2.05) is 0 Å². The third kappa shape index (κ3) is 3.15. The Balaban J connectivity index is 1.54. The number of fused-ring (bicyclic) bond motifs is 4. The number of benzene rings is 3. The summed E-state index contributed by atoms with van der Waals surface area (Å²) in [4.78, 5) is 2.65. The van der Waals surface area contributed by atoms with Crippen LogP contribution in [0.5, 0.6) is 11.5 Å². The summed E-state index contributed by atoms with van der Waals surface area (Å²) in [5, 5.41) is 2.85.